The zero-order valence-corrected chi connectivity index (χ0v) is 46.3. The highest BCUT2D eigenvalue weighted by Gasteiger charge is 2.27. The first-order valence-corrected chi connectivity index (χ1v) is 27.4. The molecule has 0 N–H and O–H groups in total. The van der Waals surface area contributed by atoms with E-state index in [4.69, 9.17) is 6.42 Å². The highest BCUT2D eigenvalue weighted by molar-refractivity contribution is 5.57. The van der Waals surface area contributed by atoms with Crippen molar-refractivity contribution in [3.8, 4) is 12.3 Å². The Bertz CT molecular complexity index is 2520. The monoisotopic (exact) mass is 958 g/mol. The van der Waals surface area contributed by atoms with Crippen molar-refractivity contribution in [2.45, 2.75) is 145 Å². The predicted octanol–water partition coefficient (Wildman–Crippen LogP) is 19.7. The van der Waals surface area contributed by atoms with Crippen molar-refractivity contribution in [2.24, 2.45) is 29.6 Å². The average Bonchev–Trinajstić information content (AvgIpc) is 4.23. The summed E-state index contributed by atoms with van der Waals surface area (Å²) in [5.41, 5.74) is 19.5. The van der Waals surface area contributed by atoms with Gasteiger partial charge in [-0.15, -0.1) is 18.7 Å². The number of rotatable bonds is 31. The van der Waals surface area contributed by atoms with Crippen LogP contribution in [0.5, 0.6) is 0 Å². The number of allylic oxidation sites excluding steroid dienone is 21. The SMILES string of the molecule is C#CC1=C=CC=CC(CC(Cc2cc(CC(C)C)cc(C)c2C)C(C)c2ccc(C=CC=C(C(=C)C=CCC(C)C(=C)N(CC=CC=CCC(C=C)CCCCC)C(=CC=C)CC)C3CC3)cc2)=C1C=CC. The lowest BCUT2D eigenvalue weighted by atomic mass is 9.77. The maximum absolute atomic E-state index is 6.06. The third-order valence-corrected chi connectivity index (χ3v) is 14.6. The third kappa shape index (κ3) is 18.8. The van der Waals surface area contributed by atoms with Crippen LogP contribution < -0.4 is 0 Å². The first kappa shape index (κ1) is 58.5. The van der Waals surface area contributed by atoms with E-state index in [-0.39, 0.29) is 5.92 Å². The quantitative estimate of drug-likeness (QED) is 0.0239. The Morgan fingerprint density at radius 1 is 0.889 bits per heavy atom. The Hall–Kier alpha value is -6.06. The fraction of sp³-hybridized carbons (Fsp3) is 0.394. The number of benzene rings is 2. The second-order valence-electron chi connectivity index (χ2n) is 20.8. The fourth-order valence-electron chi connectivity index (χ4n) is 9.86. The predicted molar refractivity (Wildman–Crippen MR) is 320 cm³/mol. The topological polar surface area (TPSA) is 3.24 Å². The van der Waals surface area contributed by atoms with Crippen molar-refractivity contribution in [3.05, 3.63) is 238 Å². The summed E-state index contributed by atoms with van der Waals surface area (Å²) in [6, 6.07) is 14.1. The molecule has 1 nitrogen and oxygen atoms in total. The maximum atomic E-state index is 6.06. The molecular formula is C71H91N. The Kier molecular flexibility index (Phi) is 25.5. The number of unbranched alkanes of at least 4 members (excludes halogenated alkanes) is 2. The number of hydrogen-bond donors (Lipinski definition) is 0. The van der Waals surface area contributed by atoms with E-state index in [1.807, 2.05) is 12.2 Å². The van der Waals surface area contributed by atoms with Gasteiger partial charge in [-0.25, -0.2) is 0 Å². The van der Waals surface area contributed by atoms with Crippen LogP contribution in [-0.4, -0.2) is 11.4 Å². The van der Waals surface area contributed by atoms with E-state index in [9.17, 15) is 0 Å². The van der Waals surface area contributed by atoms with Crippen molar-refractivity contribution in [1.82, 2.24) is 4.90 Å². The molecular weight excluding hydrogens is 867 g/mol. The molecule has 0 amide bonds. The average molecular weight is 959 g/mol. The molecule has 1 saturated carbocycles. The molecule has 0 radical (unpaired) electrons. The number of aryl methyl sites for hydroxylation is 1. The Morgan fingerprint density at radius 2 is 1.64 bits per heavy atom. The Labute approximate surface area is 440 Å². The van der Waals surface area contributed by atoms with Crippen molar-refractivity contribution < 1.29 is 0 Å². The van der Waals surface area contributed by atoms with E-state index in [1.165, 1.54) is 88.7 Å². The molecule has 4 rings (SSSR count). The number of nitrogens with zero attached hydrogens (tertiary/aromatic N) is 1. The molecule has 2 aromatic carbocycles. The Morgan fingerprint density at radius 3 is 2.29 bits per heavy atom. The van der Waals surface area contributed by atoms with Crippen LogP contribution >= 0.6 is 0 Å². The van der Waals surface area contributed by atoms with Gasteiger partial charge in [-0.2, -0.15) is 0 Å². The van der Waals surface area contributed by atoms with Crippen LogP contribution in [0.1, 0.15) is 152 Å². The van der Waals surface area contributed by atoms with Crippen LogP contribution in [-0.2, 0) is 12.8 Å². The lowest BCUT2D eigenvalue weighted by molar-refractivity contribution is 0.399. The highest BCUT2D eigenvalue weighted by atomic mass is 15.1. The van der Waals surface area contributed by atoms with E-state index in [0.717, 1.165) is 67.5 Å². The van der Waals surface area contributed by atoms with Gasteiger partial charge in [-0.3, -0.25) is 0 Å². The molecule has 0 aliphatic heterocycles. The molecule has 2 aliphatic rings. The smallest absolute Gasteiger partial charge is 0.0735 e. The van der Waals surface area contributed by atoms with Crippen LogP contribution in [0.25, 0.3) is 6.08 Å². The minimum Gasteiger partial charge on any atom is -0.345 e. The van der Waals surface area contributed by atoms with Crippen LogP contribution in [0.15, 0.2) is 205 Å². The molecule has 380 valence electrons. The summed E-state index contributed by atoms with van der Waals surface area (Å²) < 4.78 is 0. The summed E-state index contributed by atoms with van der Waals surface area (Å²) >= 11 is 0. The zero-order valence-electron chi connectivity index (χ0n) is 46.3. The molecule has 0 saturated heterocycles. The van der Waals surface area contributed by atoms with Gasteiger partial charge in [0.05, 0.1) is 5.57 Å². The molecule has 4 unspecified atom stereocenters. The summed E-state index contributed by atoms with van der Waals surface area (Å²) in [5, 5.41) is 0. The van der Waals surface area contributed by atoms with Gasteiger partial charge >= 0.3 is 0 Å². The molecule has 0 spiro atoms. The lowest BCUT2D eigenvalue weighted by Gasteiger charge is -2.31. The van der Waals surface area contributed by atoms with Gasteiger partial charge < -0.3 is 4.90 Å². The molecule has 72 heavy (non-hydrogen) atoms. The van der Waals surface area contributed by atoms with Crippen LogP contribution in [0, 0.1) is 55.8 Å². The second-order valence-corrected chi connectivity index (χ2v) is 20.8. The molecule has 2 aromatic rings. The Balaban J connectivity index is 1.48. The normalized spacial score (nSPS) is 16.3. The number of hydrogen-bond acceptors (Lipinski definition) is 1. The second kappa shape index (κ2) is 31.4. The van der Waals surface area contributed by atoms with E-state index in [2.05, 4.69) is 233 Å². The van der Waals surface area contributed by atoms with Crippen molar-refractivity contribution >= 4 is 6.08 Å². The van der Waals surface area contributed by atoms with E-state index in [0.29, 0.717) is 29.6 Å². The van der Waals surface area contributed by atoms with Crippen molar-refractivity contribution in [1.29, 1.82) is 0 Å². The first-order valence-electron chi connectivity index (χ1n) is 27.4. The molecule has 4 atom stereocenters. The zero-order chi connectivity index (χ0) is 52.4. The van der Waals surface area contributed by atoms with Gasteiger partial charge in [0.1, 0.15) is 0 Å². The van der Waals surface area contributed by atoms with Crippen LogP contribution in [0.4, 0.5) is 0 Å². The molecule has 2 aliphatic carbocycles. The maximum Gasteiger partial charge on any atom is 0.0735 e. The molecule has 1 heteroatoms. The molecule has 0 bridgehead atoms. The van der Waals surface area contributed by atoms with Gasteiger partial charge in [0.2, 0.25) is 0 Å². The first-order chi connectivity index (χ1) is 34.8. The van der Waals surface area contributed by atoms with Crippen LogP contribution in [0.3, 0.4) is 0 Å². The molecule has 0 aromatic heterocycles. The van der Waals surface area contributed by atoms with E-state index in [1.54, 1.807) is 0 Å². The highest BCUT2D eigenvalue weighted by Crippen LogP contribution is 2.41. The van der Waals surface area contributed by atoms with E-state index < -0.39 is 0 Å². The fourth-order valence-corrected chi connectivity index (χ4v) is 9.86. The van der Waals surface area contributed by atoms with Gasteiger partial charge in [0.15, 0.2) is 0 Å². The largest absolute Gasteiger partial charge is 0.345 e. The third-order valence-electron chi connectivity index (χ3n) is 14.6. The van der Waals surface area contributed by atoms with Crippen molar-refractivity contribution in [3.63, 3.8) is 0 Å². The number of terminal acetylenes is 1. The van der Waals surface area contributed by atoms with Crippen LogP contribution in [0.2, 0.25) is 0 Å². The van der Waals surface area contributed by atoms with Crippen molar-refractivity contribution in [2.75, 3.05) is 6.54 Å². The van der Waals surface area contributed by atoms with E-state index >= 15 is 0 Å². The summed E-state index contributed by atoms with van der Waals surface area (Å²) in [5.74, 6) is 5.56. The van der Waals surface area contributed by atoms with Gasteiger partial charge in [0.25, 0.3) is 0 Å². The summed E-state index contributed by atoms with van der Waals surface area (Å²) in [6.45, 7) is 38.4. The van der Waals surface area contributed by atoms with Gasteiger partial charge in [0, 0.05) is 23.5 Å². The molecule has 0 heterocycles. The summed E-state index contributed by atoms with van der Waals surface area (Å²) in [6.07, 6.45) is 56.2. The summed E-state index contributed by atoms with van der Waals surface area (Å²) in [4.78, 5) is 2.36. The molecule has 1 fully saturated rings. The minimum atomic E-state index is 0.259. The lowest BCUT2D eigenvalue weighted by Crippen LogP contribution is -2.25. The minimum absolute atomic E-state index is 0.259. The van der Waals surface area contributed by atoms with Gasteiger partial charge in [-0.1, -0.05) is 214 Å². The standard InChI is InChI=1S/C71H91N/c1-15-21-24-35-60(18-4)36-25-22-23-28-47-72(69(20-6)31-16-2)59(14)54(9)33-29-34-55(10)70(65-45-46-65)40-30-37-61-41-43-64(44-42-61)58(13)68(51-66-39-27-26-38-63(19-5)71(66)32-17-3)52-67-50-62(48-53(7)8)49-56(11)57(67)12/h5,16-18,22-23,25-32,34,37,39-44,49-50,53-54,58,60,65,68H,2,4,10,14-15,20-21,24,33,35-36,45-48,51-52H2,1,3,6-9,11-13H3. The van der Waals surface area contributed by atoms with Gasteiger partial charge in [-0.05, 0) is 176 Å². The summed E-state index contributed by atoms with van der Waals surface area (Å²) in [7, 11) is 0.